The lowest BCUT2D eigenvalue weighted by molar-refractivity contribution is -0.130. The molecule has 0 aromatic carbocycles. The van der Waals surface area contributed by atoms with Gasteiger partial charge in [-0.3, -0.25) is 33.0 Å². The number of azide groups is 1. The first-order valence-corrected chi connectivity index (χ1v) is 22.7. The third-order valence-corrected chi connectivity index (χ3v) is 11.3. The molecule has 15 heteroatoms. The summed E-state index contributed by atoms with van der Waals surface area (Å²) in [4.78, 5) is 66.3. The van der Waals surface area contributed by atoms with Crippen LogP contribution in [0.25, 0.3) is 10.4 Å². The van der Waals surface area contributed by atoms with Gasteiger partial charge in [-0.15, -0.1) is 0 Å². The molecule has 55 heavy (non-hydrogen) atoms. The van der Waals surface area contributed by atoms with Gasteiger partial charge >= 0.3 is 13.5 Å². The Bertz CT molecular complexity index is 1460. The third-order valence-electron chi connectivity index (χ3n) is 10.4. The van der Waals surface area contributed by atoms with E-state index in [2.05, 4.69) is 28.9 Å². The lowest BCUT2D eigenvalue weighted by atomic mass is 9.92. The van der Waals surface area contributed by atoms with Crippen LogP contribution in [0.15, 0.2) is 20.9 Å². The van der Waals surface area contributed by atoms with Gasteiger partial charge in [0.15, 0.2) is 6.29 Å². The van der Waals surface area contributed by atoms with Gasteiger partial charge in [-0.05, 0) is 25.3 Å². The van der Waals surface area contributed by atoms with E-state index in [1.54, 1.807) is 0 Å². The van der Waals surface area contributed by atoms with Gasteiger partial charge in [0, 0.05) is 48.3 Å². The number of unbranched alkanes of at least 4 members (excludes halogenated alkanes) is 20. The Morgan fingerprint density at radius 1 is 0.891 bits per heavy atom. The summed E-state index contributed by atoms with van der Waals surface area (Å²) in [5.41, 5.74) is 7.97. The van der Waals surface area contributed by atoms with Crippen LogP contribution >= 0.6 is 7.82 Å². The molecule has 0 radical (unpaired) electrons. The Labute approximate surface area is 328 Å². The predicted octanol–water partition coefficient (Wildman–Crippen LogP) is 10.4. The summed E-state index contributed by atoms with van der Waals surface area (Å²) >= 11 is 0. The molecule has 1 saturated heterocycles. The third kappa shape index (κ3) is 20.9. The Morgan fingerprint density at radius 3 is 1.89 bits per heavy atom. The summed E-state index contributed by atoms with van der Waals surface area (Å²) in [6.07, 6.45) is 24.3. The molecule has 2 N–H and O–H groups in total. The highest BCUT2D eigenvalue weighted by atomic mass is 31.2. The summed E-state index contributed by atoms with van der Waals surface area (Å²) in [7, 11) is -4.91. The molecule has 0 aliphatic carbocycles. The van der Waals surface area contributed by atoms with Crippen molar-refractivity contribution in [1.82, 2.24) is 9.55 Å². The van der Waals surface area contributed by atoms with Gasteiger partial charge in [0.2, 0.25) is 0 Å². The van der Waals surface area contributed by atoms with E-state index in [4.69, 9.17) is 19.3 Å². The number of nitrogens with zero attached hydrogens (tertiary/aromatic N) is 4. The number of H-pyrrole nitrogens is 1. The average Bonchev–Trinajstić information content (AvgIpc) is 3.53. The average molecular weight is 796 g/mol. The minimum atomic E-state index is -4.91. The molecule has 1 aliphatic heterocycles. The molecule has 2 heterocycles. The number of hydrogen-bond donors (Lipinski definition) is 2. The second kappa shape index (κ2) is 28.7. The number of aryl methyl sites for hydroxylation is 1. The number of ketones is 2. The van der Waals surface area contributed by atoms with Crippen LogP contribution in [-0.2, 0) is 27.9 Å². The van der Waals surface area contributed by atoms with Crippen LogP contribution in [0.5, 0.6) is 0 Å². The quantitative estimate of drug-likeness (QED) is 0.0224. The molecule has 1 aliphatic rings. The number of nitrogens with one attached hydrogen (secondary N) is 1. The maximum atomic E-state index is 13.4. The van der Waals surface area contributed by atoms with E-state index >= 15 is 0 Å². The second-order valence-electron chi connectivity index (χ2n) is 15.3. The van der Waals surface area contributed by atoms with Gasteiger partial charge < -0.3 is 9.63 Å². The van der Waals surface area contributed by atoms with Gasteiger partial charge in [-0.1, -0.05) is 147 Å². The highest BCUT2D eigenvalue weighted by Gasteiger charge is 2.42. The fourth-order valence-corrected chi connectivity index (χ4v) is 7.89. The molecule has 1 fully saturated rings. The van der Waals surface area contributed by atoms with Gasteiger partial charge in [0.1, 0.15) is 17.8 Å². The Hall–Kier alpha value is -2.60. The predicted molar refractivity (Wildman–Crippen MR) is 215 cm³/mol. The van der Waals surface area contributed by atoms with E-state index < -0.39 is 50.2 Å². The largest absolute Gasteiger partial charge is 0.474 e. The molecule has 0 saturated carbocycles. The van der Waals surface area contributed by atoms with Crippen molar-refractivity contribution in [3.63, 3.8) is 0 Å². The van der Waals surface area contributed by atoms with Crippen LogP contribution in [0.2, 0.25) is 0 Å². The molecule has 1 aromatic rings. The minimum Gasteiger partial charge on any atom is -0.328 e. The Morgan fingerprint density at radius 2 is 1.38 bits per heavy atom. The van der Waals surface area contributed by atoms with E-state index in [1.807, 2.05) is 0 Å². The maximum Gasteiger partial charge on any atom is 0.474 e. The van der Waals surface area contributed by atoms with E-state index in [1.165, 1.54) is 103 Å². The van der Waals surface area contributed by atoms with E-state index in [9.17, 15) is 28.6 Å². The molecular formula is C40H70N5O9P. The van der Waals surface area contributed by atoms with Crippen molar-refractivity contribution in [1.29, 1.82) is 0 Å². The van der Waals surface area contributed by atoms with E-state index in [-0.39, 0.29) is 36.4 Å². The van der Waals surface area contributed by atoms with Crippen LogP contribution in [0.1, 0.15) is 193 Å². The zero-order valence-corrected chi connectivity index (χ0v) is 34.8. The topological polar surface area (TPSA) is 203 Å². The number of Topliss-reactive ketones (excluding diaryl/α,β-unsaturated/α-hetero) is 2. The highest BCUT2D eigenvalue weighted by Crippen LogP contribution is 2.48. The van der Waals surface area contributed by atoms with Crippen molar-refractivity contribution < 1.29 is 32.8 Å². The van der Waals surface area contributed by atoms with Crippen molar-refractivity contribution in [3.8, 4) is 0 Å². The van der Waals surface area contributed by atoms with Gasteiger partial charge in [-0.2, -0.15) is 0 Å². The summed E-state index contributed by atoms with van der Waals surface area (Å²) in [5, 5.41) is 3.60. The number of carbonyl (C=O) groups is 2. The molecule has 5 unspecified atom stereocenters. The van der Waals surface area contributed by atoms with Crippen LogP contribution in [-0.4, -0.2) is 44.9 Å². The lowest BCUT2D eigenvalue weighted by Crippen LogP contribution is -2.33. The number of hydrogen-bond acceptors (Lipinski definition) is 9. The monoisotopic (exact) mass is 795 g/mol. The number of phosphoric acid groups is 1. The molecular weight excluding hydrogens is 725 g/mol. The molecule has 0 bridgehead atoms. The number of aromatic nitrogens is 2. The van der Waals surface area contributed by atoms with Crippen molar-refractivity contribution in [2.75, 3.05) is 6.61 Å². The summed E-state index contributed by atoms with van der Waals surface area (Å²) < 4.78 is 30.5. The van der Waals surface area contributed by atoms with Crippen molar-refractivity contribution in [2.24, 2.45) is 11.0 Å². The smallest absolute Gasteiger partial charge is 0.328 e. The number of aromatic amines is 1. The number of ether oxygens (including phenoxy) is 1. The van der Waals surface area contributed by atoms with E-state index in [0.717, 1.165) is 49.5 Å². The normalized spacial score (nSPS) is 18.5. The Balaban J connectivity index is 1.92. The van der Waals surface area contributed by atoms with Crippen LogP contribution < -0.4 is 11.2 Å². The lowest BCUT2D eigenvalue weighted by Gasteiger charge is -2.22. The number of rotatable bonds is 34. The number of carbonyl (C=O) groups excluding carboxylic acids is 2. The summed E-state index contributed by atoms with van der Waals surface area (Å²) in [6.45, 7) is 5.43. The van der Waals surface area contributed by atoms with Gasteiger partial charge in [0.05, 0.1) is 12.6 Å². The summed E-state index contributed by atoms with van der Waals surface area (Å²) in [5.74, 6) is -1.20. The van der Waals surface area contributed by atoms with Crippen molar-refractivity contribution in [3.05, 3.63) is 43.0 Å². The first-order valence-electron chi connectivity index (χ1n) is 21.2. The van der Waals surface area contributed by atoms with Crippen LogP contribution in [0, 0.1) is 12.8 Å². The highest BCUT2D eigenvalue weighted by molar-refractivity contribution is 7.47. The maximum absolute atomic E-state index is 13.4. The molecule has 5 atom stereocenters. The zero-order chi connectivity index (χ0) is 40.3. The minimum absolute atomic E-state index is 0.0856. The molecule has 1 aromatic heterocycles. The molecule has 0 spiro atoms. The second-order valence-corrected chi connectivity index (χ2v) is 16.7. The first-order chi connectivity index (χ1) is 26.5. The fourth-order valence-electron chi connectivity index (χ4n) is 7.00. The first kappa shape index (κ1) is 48.5. The molecule has 314 valence electrons. The van der Waals surface area contributed by atoms with Gasteiger partial charge in [-0.25, -0.2) is 9.36 Å². The SMILES string of the molecule is CCCCCCCCCCCCCC(=O)CC(COP(=O)(O)OC1OC(n2cc(C)c(=O)[nH]c2=O)CC1N=[N+]=[N-])C(=O)CCCCCCCCCCCCC. The van der Waals surface area contributed by atoms with Crippen molar-refractivity contribution >= 4 is 19.4 Å². The number of phosphoric ester groups is 1. The molecule has 14 nitrogen and oxygen atoms in total. The summed E-state index contributed by atoms with van der Waals surface area (Å²) in [6, 6.07) is -1.11. The van der Waals surface area contributed by atoms with Crippen molar-refractivity contribution in [2.45, 2.75) is 206 Å². The van der Waals surface area contributed by atoms with Gasteiger partial charge in [0.25, 0.3) is 5.56 Å². The van der Waals surface area contributed by atoms with Crippen LogP contribution in [0.3, 0.4) is 0 Å². The molecule has 2 rings (SSSR count). The van der Waals surface area contributed by atoms with E-state index in [0.29, 0.717) is 12.8 Å². The standard InChI is InChI=1S/C40H70N5O9P/c1-4-6-8-10-12-14-16-18-20-22-24-26-34(46)28-33(36(47)27-25-23-21-19-17-15-13-11-9-7-5-2)31-52-55(50,51)54-39-35(43-44-41)29-37(53-39)45-30-32(3)38(48)42-40(45)49/h30,33,35,37,39H,4-29,31H2,1-3H3,(H,50,51)(H,42,48,49). The fraction of sp³-hybridized carbons (Fsp3) is 0.850. The Kier molecular flexibility index (Phi) is 25.4. The zero-order valence-electron chi connectivity index (χ0n) is 33.9. The molecule has 0 amide bonds. The van der Waals surface area contributed by atoms with Crippen LogP contribution in [0.4, 0.5) is 0 Å².